The second-order valence-electron chi connectivity index (χ2n) is 15.3. The van der Waals surface area contributed by atoms with E-state index in [2.05, 4.69) is 32.5 Å². The van der Waals surface area contributed by atoms with Gasteiger partial charge in [-0.3, -0.25) is 34.2 Å². The van der Waals surface area contributed by atoms with Gasteiger partial charge >= 0.3 is 0 Å². The number of hydrogen-bond donors (Lipinski definition) is 2. The minimum absolute atomic E-state index is 0.0255. The number of amides is 4. The predicted octanol–water partition coefficient (Wildman–Crippen LogP) is 6.02. The molecule has 0 spiro atoms. The number of piperidine rings is 2. The van der Waals surface area contributed by atoms with E-state index in [9.17, 15) is 19.2 Å². The fraction of sp³-hybridized carbons (Fsp3) is 0.349. The highest BCUT2D eigenvalue weighted by Gasteiger charge is 2.31. The lowest BCUT2D eigenvalue weighted by Gasteiger charge is -2.34. The number of carbonyl (C=O) groups is 4. The second kappa shape index (κ2) is 15.8. The van der Waals surface area contributed by atoms with Crippen molar-refractivity contribution in [3.05, 3.63) is 107 Å². The van der Waals surface area contributed by atoms with Crippen LogP contribution in [-0.4, -0.2) is 93.5 Å². The Bertz CT molecular complexity index is 2380. The van der Waals surface area contributed by atoms with Gasteiger partial charge in [-0.1, -0.05) is 30.3 Å². The summed E-state index contributed by atoms with van der Waals surface area (Å²) in [5, 5.41) is 7.08. The number of nitrogens with zero attached hydrogens (tertiary/aromatic N) is 6. The number of hydrogen-bond acceptors (Lipinski definition) is 7. The van der Waals surface area contributed by atoms with Gasteiger partial charge in [0, 0.05) is 83.0 Å². The fourth-order valence-electron chi connectivity index (χ4n) is 8.27. The fourth-order valence-corrected chi connectivity index (χ4v) is 8.27. The molecule has 294 valence electrons. The van der Waals surface area contributed by atoms with Gasteiger partial charge in [-0.15, -0.1) is 0 Å². The van der Waals surface area contributed by atoms with Crippen molar-refractivity contribution in [2.45, 2.75) is 56.9 Å². The zero-order valence-electron chi connectivity index (χ0n) is 31.9. The van der Waals surface area contributed by atoms with Crippen molar-refractivity contribution in [1.82, 2.24) is 34.9 Å². The normalized spacial score (nSPS) is 17.8. The lowest BCUT2D eigenvalue weighted by Crippen LogP contribution is -2.40. The first-order valence-corrected chi connectivity index (χ1v) is 19.4. The average molecular weight is 775 g/mol. The zero-order chi connectivity index (χ0) is 39.8. The largest absolute Gasteiger partial charge is 0.368 e. The summed E-state index contributed by atoms with van der Waals surface area (Å²) < 4.78 is 33.6. The summed E-state index contributed by atoms with van der Waals surface area (Å²) in [6.07, 6.45) is 9.94. The third kappa shape index (κ3) is 7.68. The van der Waals surface area contributed by atoms with Crippen LogP contribution >= 0.6 is 0 Å². The number of carbonyl (C=O) groups excluding carboxylic acids is 4. The third-order valence-electron chi connectivity index (χ3n) is 11.4. The van der Waals surface area contributed by atoms with Crippen molar-refractivity contribution in [1.29, 1.82) is 0 Å². The van der Waals surface area contributed by atoms with E-state index in [1.165, 1.54) is 17.2 Å². The van der Waals surface area contributed by atoms with E-state index in [4.69, 9.17) is 0 Å². The van der Waals surface area contributed by atoms with E-state index < -0.39 is 23.5 Å². The van der Waals surface area contributed by atoms with Crippen LogP contribution in [0.2, 0.25) is 0 Å². The Kier molecular flexibility index (Phi) is 10.4. The van der Waals surface area contributed by atoms with Crippen molar-refractivity contribution in [3.8, 4) is 11.1 Å². The quantitative estimate of drug-likeness (QED) is 0.175. The maximum Gasteiger partial charge on any atom is 0.269 e. The highest BCUT2D eigenvalue weighted by atomic mass is 19.1. The van der Waals surface area contributed by atoms with E-state index in [-0.39, 0.29) is 54.2 Å². The van der Waals surface area contributed by atoms with Gasteiger partial charge in [-0.2, -0.15) is 5.10 Å². The first kappa shape index (κ1) is 37.7. The van der Waals surface area contributed by atoms with Crippen LogP contribution in [-0.2, 0) is 20.9 Å². The molecule has 2 aromatic carbocycles. The molecule has 1 unspecified atom stereocenters. The number of pyridine rings is 1. The summed E-state index contributed by atoms with van der Waals surface area (Å²) in [5.41, 5.74) is 5.10. The molecular weight excluding hydrogens is 731 g/mol. The summed E-state index contributed by atoms with van der Waals surface area (Å²) in [6, 6.07) is 14.9. The van der Waals surface area contributed by atoms with Crippen LogP contribution < -0.4 is 10.2 Å². The summed E-state index contributed by atoms with van der Waals surface area (Å²) >= 11 is 0. The molecule has 12 nitrogen and oxygen atoms in total. The first-order chi connectivity index (χ1) is 27.5. The van der Waals surface area contributed by atoms with E-state index in [0.29, 0.717) is 66.9 Å². The summed E-state index contributed by atoms with van der Waals surface area (Å²) in [6.45, 7) is 2.52. The Labute approximate surface area is 328 Å². The van der Waals surface area contributed by atoms with Gasteiger partial charge in [0.1, 0.15) is 11.5 Å². The molecule has 3 aliphatic heterocycles. The third-order valence-corrected chi connectivity index (χ3v) is 11.4. The standard InChI is InChI=1S/C43H44F2N8O4/c1-50(2)43(57)36-22-33-31(21-32(40(45)41(33)48-36)29-5-3-16-52(25-29)39(55)14-20-53-17-4-15-47-53)28-8-6-26(7-9-28)27-12-18-51(19-13-27)37-24-46-35(23-34(37)44)30-10-11-38(54)49-42(30)56/h4-9,15,17,21-24,27,30,48H,3,10-14,16,18-20,25H2,1-2H3,(H,49,54,56). The number of aromatic amines is 1. The minimum atomic E-state index is -0.647. The maximum atomic E-state index is 16.5. The summed E-state index contributed by atoms with van der Waals surface area (Å²) in [4.78, 5) is 62.8. The van der Waals surface area contributed by atoms with Crippen molar-refractivity contribution < 1.29 is 28.0 Å². The van der Waals surface area contributed by atoms with E-state index in [1.54, 1.807) is 35.9 Å². The van der Waals surface area contributed by atoms with Crippen LogP contribution in [0.4, 0.5) is 14.5 Å². The SMILES string of the molecule is CN(C)C(=O)c1cc2c(-c3ccc(C4CCN(c5cnc(C6CCC(=O)NC6=O)cc5F)CC4)cc3)cc(C3=CCCN(C(=O)CCn4cccn4)C3)c(F)c2[nH]1. The van der Waals surface area contributed by atoms with E-state index in [1.807, 2.05) is 41.4 Å². The molecule has 14 heteroatoms. The Morgan fingerprint density at radius 1 is 0.982 bits per heavy atom. The number of aryl methyl sites for hydroxylation is 1. The number of fused-ring (bicyclic) bond motifs is 1. The molecule has 5 aromatic rings. The molecule has 0 radical (unpaired) electrons. The van der Waals surface area contributed by atoms with Gasteiger partial charge in [0.25, 0.3) is 5.91 Å². The molecule has 57 heavy (non-hydrogen) atoms. The number of nitrogens with one attached hydrogen (secondary N) is 2. The van der Waals surface area contributed by atoms with Crippen molar-refractivity contribution in [3.63, 3.8) is 0 Å². The van der Waals surface area contributed by atoms with Gasteiger partial charge in [0.15, 0.2) is 5.82 Å². The first-order valence-electron chi connectivity index (χ1n) is 19.4. The zero-order valence-corrected chi connectivity index (χ0v) is 31.9. The highest BCUT2D eigenvalue weighted by molar-refractivity contribution is 6.04. The van der Waals surface area contributed by atoms with Crippen LogP contribution in [0.15, 0.2) is 73.2 Å². The van der Waals surface area contributed by atoms with Crippen molar-refractivity contribution in [2.24, 2.45) is 0 Å². The Balaban J connectivity index is 1.01. The molecule has 0 bridgehead atoms. The highest BCUT2D eigenvalue weighted by Crippen LogP contribution is 2.39. The molecule has 0 aliphatic carbocycles. The van der Waals surface area contributed by atoms with E-state index >= 15 is 8.78 Å². The van der Waals surface area contributed by atoms with Gasteiger partial charge in [0.2, 0.25) is 17.7 Å². The van der Waals surface area contributed by atoms with Crippen LogP contribution in [0.25, 0.3) is 27.6 Å². The minimum Gasteiger partial charge on any atom is -0.368 e. The van der Waals surface area contributed by atoms with Gasteiger partial charge in [0.05, 0.1) is 29.0 Å². The number of imide groups is 1. The van der Waals surface area contributed by atoms with Crippen LogP contribution in [0.1, 0.15) is 77.7 Å². The molecule has 2 N–H and O–H groups in total. The van der Waals surface area contributed by atoms with Crippen molar-refractivity contribution >= 4 is 45.8 Å². The number of aromatic nitrogens is 4. The summed E-state index contributed by atoms with van der Waals surface area (Å²) in [5.74, 6) is -2.39. The smallest absolute Gasteiger partial charge is 0.269 e. The number of benzene rings is 2. The Morgan fingerprint density at radius 3 is 2.47 bits per heavy atom. The monoisotopic (exact) mass is 774 g/mol. The number of anilines is 1. The topological polar surface area (TPSA) is 137 Å². The number of rotatable bonds is 9. The second-order valence-corrected chi connectivity index (χ2v) is 15.3. The maximum absolute atomic E-state index is 16.5. The van der Waals surface area contributed by atoms with Gasteiger partial charge in [-0.25, -0.2) is 8.78 Å². The molecule has 2 saturated heterocycles. The molecule has 3 aliphatic rings. The van der Waals surface area contributed by atoms with Gasteiger partial charge in [-0.05, 0) is 78.1 Å². The predicted molar refractivity (Wildman–Crippen MR) is 211 cm³/mol. The lowest BCUT2D eigenvalue weighted by atomic mass is 9.87. The average Bonchev–Trinajstić information content (AvgIpc) is 3.92. The molecule has 8 rings (SSSR count). The van der Waals surface area contributed by atoms with Crippen LogP contribution in [0.3, 0.4) is 0 Å². The molecule has 6 heterocycles. The summed E-state index contributed by atoms with van der Waals surface area (Å²) in [7, 11) is 3.30. The Hall–Kier alpha value is -6.18. The van der Waals surface area contributed by atoms with Gasteiger partial charge < -0.3 is 19.7 Å². The van der Waals surface area contributed by atoms with Crippen LogP contribution in [0.5, 0.6) is 0 Å². The molecule has 3 aromatic heterocycles. The molecule has 2 fully saturated rings. The number of H-pyrrole nitrogens is 1. The molecule has 1 atom stereocenters. The van der Waals surface area contributed by atoms with Crippen LogP contribution in [0, 0.1) is 11.6 Å². The Morgan fingerprint density at radius 2 is 1.77 bits per heavy atom. The van der Waals surface area contributed by atoms with E-state index in [0.717, 1.165) is 29.5 Å². The molecule has 4 amide bonds. The molecule has 0 saturated carbocycles. The lowest BCUT2D eigenvalue weighted by molar-refractivity contribution is -0.134. The number of halogens is 2. The van der Waals surface area contributed by atoms with Crippen molar-refractivity contribution in [2.75, 3.05) is 45.2 Å². The molecular formula is C43H44F2N8O4.